The fourth-order valence-electron chi connectivity index (χ4n) is 3.65. The van der Waals surface area contributed by atoms with Gasteiger partial charge in [0.1, 0.15) is 5.75 Å². The summed E-state index contributed by atoms with van der Waals surface area (Å²) in [5.74, 6) is 0.490. The van der Waals surface area contributed by atoms with Crippen LogP contribution in [-0.4, -0.2) is 32.9 Å². The quantitative estimate of drug-likeness (QED) is 0.324. The smallest absolute Gasteiger partial charge is 0.319 e. The Morgan fingerprint density at radius 3 is 1.80 bits per heavy atom. The van der Waals surface area contributed by atoms with Crippen molar-refractivity contribution in [1.82, 2.24) is 10.6 Å². The van der Waals surface area contributed by atoms with Crippen LogP contribution in [0.25, 0.3) is 0 Å². The lowest BCUT2D eigenvalue weighted by molar-refractivity contribution is -0.139. The molecule has 30 heavy (non-hydrogen) atoms. The predicted molar refractivity (Wildman–Crippen MR) is 118 cm³/mol. The highest BCUT2D eigenvalue weighted by molar-refractivity contribution is 5.71. The van der Waals surface area contributed by atoms with E-state index in [4.69, 9.17) is 9.47 Å². The third-order valence-electron chi connectivity index (χ3n) is 5.15. The molecular weight excluding hydrogens is 376 g/mol. The highest BCUT2D eigenvalue weighted by Crippen LogP contribution is 2.37. The Morgan fingerprint density at radius 1 is 0.833 bits per heavy atom. The van der Waals surface area contributed by atoms with Gasteiger partial charge in [0, 0.05) is 0 Å². The van der Waals surface area contributed by atoms with E-state index in [2.05, 4.69) is 47.0 Å². The molecule has 0 saturated carbocycles. The normalized spacial score (nSPS) is 12.2. The number of esters is 1. The first-order valence-electron chi connectivity index (χ1n) is 9.93. The van der Waals surface area contributed by atoms with Gasteiger partial charge in [-0.3, -0.25) is 15.4 Å². The first-order valence-corrected chi connectivity index (χ1v) is 9.93. The Kier molecular flexibility index (Phi) is 7.22. The summed E-state index contributed by atoms with van der Waals surface area (Å²) >= 11 is 0. The molecular formula is C25H28N2O3. The van der Waals surface area contributed by atoms with Crippen molar-refractivity contribution in [2.75, 3.05) is 20.8 Å². The molecule has 1 atom stereocenters. The molecule has 3 aromatic rings. The second-order valence-electron chi connectivity index (χ2n) is 7.03. The van der Waals surface area contributed by atoms with Gasteiger partial charge < -0.3 is 9.47 Å². The van der Waals surface area contributed by atoms with Crippen LogP contribution in [0.4, 0.5) is 0 Å². The van der Waals surface area contributed by atoms with Crippen molar-refractivity contribution >= 4 is 5.97 Å². The Bertz CT molecular complexity index is 888. The molecule has 0 saturated heterocycles. The lowest BCUT2D eigenvalue weighted by Gasteiger charge is -2.39. The number of benzene rings is 3. The molecule has 5 nitrogen and oxygen atoms in total. The minimum absolute atomic E-state index is 0.118. The zero-order valence-electron chi connectivity index (χ0n) is 17.6. The van der Waals surface area contributed by atoms with E-state index in [-0.39, 0.29) is 18.7 Å². The minimum Gasteiger partial charge on any atom is -0.497 e. The number of rotatable bonds is 9. The standard InChI is InChI=1S/C25H28N2O3/c1-19(26-18-24(28)30-3)27-25(20-10-6-4-7-11-20,21-12-8-5-9-13-21)22-14-16-23(29-2)17-15-22/h4-17,19,26-27H,18H2,1-3H3. The van der Waals surface area contributed by atoms with Crippen molar-refractivity contribution in [2.45, 2.75) is 18.6 Å². The SMILES string of the molecule is COC(=O)CNC(C)NC(c1ccccc1)(c1ccccc1)c1ccc(OC)cc1. The molecule has 0 spiro atoms. The van der Waals surface area contributed by atoms with Gasteiger partial charge >= 0.3 is 5.97 Å². The summed E-state index contributed by atoms with van der Waals surface area (Å²) in [5, 5.41) is 6.95. The van der Waals surface area contributed by atoms with Gasteiger partial charge in [-0.05, 0) is 35.7 Å². The summed E-state index contributed by atoms with van der Waals surface area (Å²) in [6.07, 6.45) is -0.188. The van der Waals surface area contributed by atoms with Gasteiger partial charge in [-0.25, -0.2) is 0 Å². The lowest BCUT2D eigenvalue weighted by Crippen LogP contribution is -2.54. The van der Waals surface area contributed by atoms with Crippen molar-refractivity contribution in [1.29, 1.82) is 0 Å². The Labute approximate surface area is 178 Å². The predicted octanol–water partition coefficient (Wildman–Crippen LogP) is 3.69. The zero-order valence-corrected chi connectivity index (χ0v) is 17.6. The number of carbonyl (C=O) groups excluding carboxylic acids is 1. The number of ether oxygens (including phenoxy) is 2. The maximum atomic E-state index is 11.6. The van der Waals surface area contributed by atoms with E-state index in [1.807, 2.05) is 55.5 Å². The second kappa shape index (κ2) is 10.1. The van der Waals surface area contributed by atoms with Crippen molar-refractivity contribution in [3.63, 3.8) is 0 Å². The molecule has 0 fully saturated rings. The van der Waals surface area contributed by atoms with E-state index in [1.165, 1.54) is 7.11 Å². The van der Waals surface area contributed by atoms with E-state index in [9.17, 15) is 4.79 Å². The molecule has 0 bridgehead atoms. The topological polar surface area (TPSA) is 59.6 Å². The van der Waals surface area contributed by atoms with Gasteiger partial charge in [0.2, 0.25) is 0 Å². The summed E-state index contributed by atoms with van der Waals surface area (Å²) in [5.41, 5.74) is 2.60. The van der Waals surface area contributed by atoms with Crippen molar-refractivity contribution in [3.8, 4) is 5.75 Å². The van der Waals surface area contributed by atoms with Gasteiger partial charge in [-0.2, -0.15) is 0 Å². The van der Waals surface area contributed by atoms with Crippen LogP contribution in [-0.2, 0) is 15.1 Å². The van der Waals surface area contributed by atoms with Crippen LogP contribution < -0.4 is 15.4 Å². The Morgan fingerprint density at radius 2 is 1.33 bits per heavy atom. The molecule has 0 heterocycles. The van der Waals surface area contributed by atoms with Crippen LogP contribution in [0.5, 0.6) is 5.75 Å². The number of carbonyl (C=O) groups is 1. The number of methoxy groups -OCH3 is 2. The van der Waals surface area contributed by atoms with Crippen molar-refractivity contribution in [3.05, 3.63) is 102 Å². The average molecular weight is 405 g/mol. The largest absolute Gasteiger partial charge is 0.497 e. The van der Waals surface area contributed by atoms with E-state index in [1.54, 1.807) is 7.11 Å². The number of hydrogen-bond acceptors (Lipinski definition) is 5. The van der Waals surface area contributed by atoms with Crippen LogP contribution >= 0.6 is 0 Å². The molecule has 3 rings (SSSR count). The van der Waals surface area contributed by atoms with Crippen LogP contribution in [0.1, 0.15) is 23.6 Å². The lowest BCUT2D eigenvalue weighted by atomic mass is 9.76. The third-order valence-corrected chi connectivity index (χ3v) is 5.15. The van der Waals surface area contributed by atoms with Crippen LogP contribution in [0.2, 0.25) is 0 Å². The van der Waals surface area contributed by atoms with E-state index < -0.39 is 5.54 Å². The molecule has 0 aliphatic heterocycles. The fraction of sp³-hybridized carbons (Fsp3) is 0.240. The van der Waals surface area contributed by atoms with Crippen LogP contribution in [0.3, 0.4) is 0 Å². The number of hydrogen-bond donors (Lipinski definition) is 2. The minimum atomic E-state index is -0.642. The van der Waals surface area contributed by atoms with Crippen LogP contribution in [0.15, 0.2) is 84.9 Å². The molecule has 3 aromatic carbocycles. The van der Waals surface area contributed by atoms with Gasteiger partial charge in [0.05, 0.1) is 32.5 Å². The van der Waals surface area contributed by atoms with Gasteiger partial charge in [-0.15, -0.1) is 0 Å². The van der Waals surface area contributed by atoms with E-state index in [0.29, 0.717) is 0 Å². The summed E-state index contributed by atoms with van der Waals surface area (Å²) in [6.45, 7) is 2.11. The summed E-state index contributed by atoms with van der Waals surface area (Å²) in [6, 6.07) is 28.6. The molecule has 5 heteroatoms. The molecule has 2 N–H and O–H groups in total. The second-order valence-corrected chi connectivity index (χ2v) is 7.03. The Balaban J connectivity index is 2.12. The summed E-state index contributed by atoms with van der Waals surface area (Å²) in [7, 11) is 3.05. The monoisotopic (exact) mass is 404 g/mol. The summed E-state index contributed by atoms with van der Waals surface area (Å²) < 4.78 is 10.1. The maximum Gasteiger partial charge on any atom is 0.319 e. The molecule has 0 amide bonds. The van der Waals surface area contributed by atoms with Crippen molar-refractivity contribution in [2.24, 2.45) is 0 Å². The van der Waals surface area contributed by atoms with Crippen molar-refractivity contribution < 1.29 is 14.3 Å². The molecule has 0 radical (unpaired) electrons. The maximum absolute atomic E-state index is 11.6. The number of nitrogens with one attached hydrogen (secondary N) is 2. The fourth-order valence-corrected chi connectivity index (χ4v) is 3.65. The van der Waals surface area contributed by atoms with E-state index >= 15 is 0 Å². The summed E-state index contributed by atoms with van der Waals surface area (Å²) in [4.78, 5) is 11.6. The van der Waals surface area contributed by atoms with Crippen LogP contribution in [0, 0.1) is 0 Å². The molecule has 1 unspecified atom stereocenters. The third kappa shape index (κ3) is 4.70. The molecule has 0 aromatic heterocycles. The van der Waals surface area contributed by atoms with Gasteiger partial charge in [-0.1, -0.05) is 72.8 Å². The molecule has 0 aliphatic rings. The molecule has 156 valence electrons. The average Bonchev–Trinajstić information content (AvgIpc) is 2.82. The molecule has 0 aliphatic carbocycles. The zero-order chi connectivity index (χ0) is 21.4. The highest BCUT2D eigenvalue weighted by atomic mass is 16.5. The highest BCUT2D eigenvalue weighted by Gasteiger charge is 2.37. The first kappa shape index (κ1) is 21.6. The Hall–Kier alpha value is -3.15. The first-order chi connectivity index (χ1) is 14.6. The van der Waals surface area contributed by atoms with Gasteiger partial charge in [0.15, 0.2) is 0 Å². The van der Waals surface area contributed by atoms with Gasteiger partial charge in [0.25, 0.3) is 0 Å². The van der Waals surface area contributed by atoms with E-state index in [0.717, 1.165) is 22.4 Å².